The van der Waals surface area contributed by atoms with Crippen LogP contribution >= 0.6 is 15.9 Å². The Morgan fingerprint density at radius 2 is 2.11 bits per heavy atom. The summed E-state index contributed by atoms with van der Waals surface area (Å²) in [6.45, 7) is 3.46. The van der Waals surface area contributed by atoms with Gasteiger partial charge in [-0.2, -0.15) is 0 Å². The number of unbranched alkanes of at least 4 members (excludes halogenated alkanes) is 1. The normalized spacial score (nSPS) is 10.3. The molecule has 0 saturated heterocycles. The first-order valence-electron chi connectivity index (χ1n) is 6.69. The van der Waals surface area contributed by atoms with Crippen molar-refractivity contribution in [2.75, 3.05) is 19.0 Å². The van der Waals surface area contributed by atoms with Crippen LogP contribution in [-0.4, -0.2) is 29.8 Å². The molecule has 0 unspecified atom stereocenters. The Bertz CT molecular complexity index is 395. The van der Waals surface area contributed by atoms with Crippen LogP contribution in [0.1, 0.15) is 31.7 Å². The quantitative estimate of drug-likeness (QED) is 0.539. The number of benzene rings is 1. The van der Waals surface area contributed by atoms with Gasteiger partial charge in [-0.05, 0) is 12.5 Å². The van der Waals surface area contributed by atoms with Gasteiger partial charge >= 0.3 is 0 Å². The summed E-state index contributed by atoms with van der Waals surface area (Å²) < 4.78 is 5.77. The fourth-order valence-electron chi connectivity index (χ4n) is 1.72. The van der Waals surface area contributed by atoms with Crippen molar-refractivity contribution < 1.29 is 9.53 Å². The zero-order chi connectivity index (χ0) is 14.1. The summed E-state index contributed by atoms with van der Waals surface area (Å²) in [6.07, 6.45) is 2.69. The van der Waals surface area contributed by atoms with E-state index in [1.807, 2.05) is 31.3 Å². The maximum Gasteiger partial charge on any atom is 0.223 e. The van der Waals surface area contributed by atoms with Crippen LogP contribution < -0.4 is 4.74 Å². The zero-order valence-corrected chi connectivity index (χ0v) is 13.3. The Balaban J connectivity index is 2.63. The number of carbonyl (C=O) groups is 1. The molecule has 1 amide bonds. The SMILES string of the molecule is CCCCOc1ccccc1CN(C)C(=O)CCBr. The van der Waals surface area contributed by atoms with E-state index in [4.69, 9.17) is 4.74 Å². The smallest absolute Gasteiger partial charge is 0.223 e. The second-order valence-electron chi connectivity index (χ2n) is 4.50. The summed E-state index contributed by atoms with van der Waals surface area (Å²) in [5.41, 5.74) is 1.06. The van der Waals surface area contributed by atoms with Crippen LogP contribution in [0.3, 0.4) is 0 Å². The van der Waals surface area contributed by atoms with E-state index in [2.05, 4.69) is 22.9 Å². The van der Waals surface area contributed by atoms with Crippen LogP contribution in [0.15, 0.2) is 24.3 Å². The van der Waals surface area contributed by atoms with E-state index in [1.165, 1.54) is 0 Å². The maximum absolute atomic E-state index is 11.8. The molecule has 106 valence electrons. The molecule has 0 heterocycles. The van der Waals surface area contributed by atoms with Gasteiger partial charge < -0.3 is 9.64 Å². The number of rotatable bonds is 8. The standard InChI is InChI=1S/C15H22BrNO2/c1-3-4-11-19-14-8-6-5-7-13(14)12-17(2)15(18)9-10-16/h5-8H,3-4,9-12H2,1-2H3. The largest absolute Gasteiger partial charge is 0.493 e. The van der Waals surface area contributed by atoms with Crippen molar-refractivity contribution in [2.24, 2.45) is 0 Å². The van der Waals surface area contributed by atoms with Gasteiger partial charge in [-0.25, -0.2) is 0 Å². The number of hydrogen-bond donors (Lipinski definition) is 0. The van der Waals surface area contributed by atoms with Crippen molar-refractivity contribution >= 4 is 21.8 Å². The Hall–Kier alpha value is -1.03. The minimum Gasteiger partial charge on any atom is -0.493 e. The van der Waals surface area contributed by atoms with E-state index in [0.717, 1.165) is 30.8 Å². The Labute approximate surface area is 124 Å². The average Bonchev–Trinajstić information content (AvgIpc) is 2.41. The summed E-state index contributed by atoms with van der Waals surface area (Å²) >= 11 is 3.29. The molecule has 1 rings (SSSR count). The lowest BCUT2D eigenvalue weighted by atomic mass is 10.2. The molecule has 19 heavy (non-hydrogen) atoms. The number of carbonyl (C=O) groups excluding carboxylic acids is 1. The molecule has 0 aliphatic heterocycles. The fraction of sp³-hybridized carbons (Fsp3) is 0.533. The van der Waals surface area contributed by atoms with Crippen LogP contribution in [0, 0.1) is 0 Å². The van der Waals surface area contributed by atoms with Crippen molar-refractivity contribution in [3.63, 3.8) is 0 Å². The lowest BCUT2D eigenvalue weighted by molar-refractivity contribution is -0.129. The number of amides is 1. The van der Waals surface area contributed by atoms with Crippen molar-refractivity contribution in [1.82, 2.24) is 4.90 Å². The zero-order valence-electron chi connectivity index (χ0n) is 11.7. The molecule has 1 aromatic carbocycles. The predicted octanol–water partition coefficient (Wildman–Crippen LogP) is 3.61. The first-order valence-corrected chi connectivity index (χ1v) is 7.81. The first kappa shape index (κ1) is 16.0. The third-order valence-electron chi connectivity index (χ3n) is 2.87. The van der Waals surface area contributed by atoms with Gasteiger partial charge in [-0.1, -0.05) is 47.5 Å². The highest BCUT2D eigenvalue weighted by atomic mass is 79.9. The van der Waals surface area contributed by atoms with Gasteiger partial charge in [0.1, 0.15) is 5.75 Å². The third kappa shape index (κ3) is 5.64. The summed E-state index contributed by atoms with van der Waals surface area (Å²) in [7, 11) is 1.83. The molecule has 0 bridgehead atoms. The summed E-state index contributed by atoms with van der Waals surface area (Å²) in [5, 5.41) is 0.699. The molecule has 1 aromatic rings. The van der Waals surface area contributed by atoms with Crippen LogP contribution in [-0.2, 0) is 11.3 Å². The second-order valence-corrected chi connectivity index (χ2v) is 5.29. The minimum absolute atomic E-state index is 0.139. The van der Waals surface area contributed by atoms with Crippen molar-refractivity contribution in [2.45, 2.75) is 32.7 Å². The van der Waals surface area contributed by atoms with Crippen molar-refractivity contribution in [1.29, 1.82) is 0 Å². The number of ether oxygens (including phenoxy) is 1. The highest BCUT2D eigenvalue weighted by molar-refractivity contribution is 9.09. The number of para-hydroxylation sites is 1. The van der Waals surface area contributed by atoms with Gasteiger partial charge in [0.2, 0.25) is 5.91 Å². The van der Waals surface area contributed by atoms with E-state index in [1.54, 1.807) is 4.90 Å². The van der Waals surface area contributed by atoms with E-state index < -0.39 is 0 Å². The molecule has 0 aliphatic carbocycles. The molecule has 0 spiro atoms. The second kappa shape index (κ2) is 8.97. The van der Waals surface area contributed by atoms with Crippen LogP contribution in [0.5, 0.6) is 5.75 Å². The first-order chi connectivity index (χ1) is 9.19. The van der Waals surface area contributed by atoms with E-state index in [-0.39, 0.29) is 5.91 Å². The lowest BCUT2D eigenvalue weighted by Gasteiger charge is -2.19. The van der Waals surface area contributed by atoms with Gasteiger partial charge in [-0.3, -0.25) is 4.79 Å². The Morgan fingerprint density at radius 3 is 2.79 bits per heavy atom. The fourth-order valence-corrected chi connectivity index (χ4v) is 2.06. The maximum atomic E-state index is 11.8. The molecule has 0 aromatic heterocycles. The number of halogens is 1. The van der Waals surface area contributed by atoms with Gasteiger partial charge in [-0.15, -0.1) is 0 Å². The van der Waals surface area contributed by atoms with Gasteiger partial charge in [0.15, 0.2) is 0 Å². The number of nitrogens with zero attached hydrogens (tertiary/aromatic N) is 1. The lowest BCUT2D eigenvalue weighted by Crippen LogP contribution is -2.26. The molecule has 4 heteroatoms. The molecule has 0 N–H and O–H groups in total. The van der Waals surface area contributed by atoms with Crippen molar-refractivity contribution in [3.8, 4) is 5.75 Å². The van der Waals surface area contributed by atoms with Crippen LogP contribution in [0.2, 0.25) is 0 Å². The van der Waals surface area contributed by atoms with Gasteiger partial charge in [0.25, 0.3) is 0 Å². The molecular weight excluding hydrogens is 306 g/mol. The summed E-state index contributed by atoms with van der Waals surface area (Å²) in [6, 6.07) is 7.92. The molecule has 0 aliphatic rings. The van der Waals surface area contributed by atoms with E-state index >= 15 is 0 Å². The monoisotopic (exact) mass is 327 g/mol. The molecule has 0 fully saturated rings. The number of hydrogen-bond acceptors (Lipinski definition) is 2. The predicted molar refractivity (Wildman–Crippen MR) is 81.7 cm³/mol. The summed E-state index contributed by atoms with van der Waals surface area (Å²) in [5.74, 6) is 1.02. The van der Waals surface area contributed by atoms with E-state index in [0.29, 0.717) is 18.3 Å². The van der Waals surface area contributed by atoms with Crippen LogP contribution in [0.4, 0.5) is 0 Å². The Kier molecular flexibility index (Phi) is 7.56. The molecule has 3 nitrogen and oxygen atoms in total. The summed E-state index contributed by atoms with van der Waals surface area (Å²) in [4.78, 5) is 13.5. The van der Waals surface area contributed by atoms with Gasteiger partial charge in [0, 0.05) is 30.9 Å². The highest BCUT2D eigenvalue weighted by Crippen LogP contribution is 2.20. The van der Waals surface area contributed by atoms with E-state index in [9.17, 15) is 4.79 Å². The Morgan fingerprint density at radius 1 is 1.37 bits per heavy atom. The molecule has 0 saturated carbocycles. The number of alkyl halides is 1. The van der Waals surface area contributed by atoms with Crippen molar-refractivity contribution in [3.05, 3.63) is 29.8 Å². The highest BCUT2D eigenvalue weighted by Gasteiger charge is 2.11. The van der Waals surface area contributed by atoms with Gasteiger partial charge in [0.05, 0.1) is 6.61 Å². The third-order valence-corrected chi connectivity index (χ3v) is 3.27. The van der Waals surface area contributed by atoms with Crippen LogP contribution in [0.25, 0.3) is 0 Å². The average molecular weight is 328 g/mol. The minimum atomic E-state index is 0.139. The molecule has 0 atom stereocenters. The molecular formula is C15H22BrNO2. The molecule has 0 radical (unpaired) electrons. The topological polar surface area (TPSA) is 29.5 Å².